The van der Waals surface area contributed by atoms with Gasteiger partial charge in [0, 0.05) is 16.7 Å². The topological polar surface area (TPSA) is 84.2 Å². The molecule has 1 aromatic heterocycles. The molecule has 0 bridgehead atoms. The summed E-state index contributed by atoms with van der Waals surface area (Å²) in [5.41, 5.74) is 0.146. The molecule has 2 rings (SSSR count). The minimum atomic E-state index is -0.933. The van der Waals surface area contributed by atoms with Crippen molar-refractivity contribution in [3.05, 3.63) is 46.4 Å². The Morgan fingerprint density at radius 2 is 2.19 bits per heavy atom. The van der Waals surface area contributed by atoms with Gasteiger partial charge >= 0.3 is 0 Å². The second kappa shape index (κ2) is 9.44. The van der Waals surface area contributed by atoms with E-state index in [1.807, 2.05) is 0 Å². The predicted octanol–water partition coefficient (Wildman–Crippen LogP) is 3.33. The summed E-state index contributed by atoms with van der Waals surface area (Å²) >= 11 is 6.82. The number of aryl methyl sites for hydroxylation is 1. The number of thioether (sulfide) groups is 1. The van der Waals surface area contributed by atoms with Crippen molar-refractivity contribution in [1.82, 2.24) is 10.5 Å². The van der Waals surface area contributed by atoms with Crippen molar-refractivity contribution in [2.75, 3.05) is 11.1 Å². The molecule has 2 aromatic rings. The van der Waals surface area contributed by atoms with Crippen LogP contribution in [0.15, 0.2) is 28.8 Å². The highest BCUT2D eigenvalue weighted by atomic mass is 35.5. The fraction of sp³-hybridized carbons (Fsp3) is 0.278. The van der Waals surface area contributed by atoms with E-state index in [0.717, 1.165) is 17.8 Å². The lowest BCUT2D eigenvalue weighted by Crippen LogP contribution is -2.31. The maximum atomic E-state index is 14.0. The van der Waals surface area contributed by atoms with E-state index >= 15 is 0 Å². The van der Waals surface area contributed by atoms with Crippen LogP contribution in [0.1, 0.15) is 24.3 Å². The van der Waals surface area contributed by atoms with E-state index in [0.29, 0.717) is 11.6 Å². The van der Waals surface area contributed by atoms with Crippen LogP contribution in [0.2, 0.25) is 5.02 Å². The number of rotatable bonds is 7. The molecule has 0 saturated heterocycles. The van der Waals surface area contributed by atoms with Gasteiger partial charge in [-0.3, -0.25) is 9.59 Å². The third kappa shape index (κ3) is 6.01. The highest BCUT2D eigenvalue weighted by Crippen LogP contribution is 2.21. The maximum Gasteiger partial charge on any atom is 0.238 e. The molecular weight excluding hydrogens is 393 g/mol. The van der Waals surface area contributed by atoms with Gasteiger partial charge in [-0.05, 0) is 26.0 Å². The van der Waals surface area contributed by atoms with Crippen LogP contribution in [0.25, 0.3) is 0 Å². The molecule has 0 radical (unpaired) electrons. The molecule has 142 valence electrons. The number of nitrogens with one attached hydrogen (secondary N) is 2. The molecule has 2 N–H and O–H groups in total. The maximum absolute atomic E-state index is 14.0. The number of carbonyl (C=O) groups is 2. The number of terminal acetylenes is 1. The first kappa shape index (κ1) is 20.8. The Bertz CT molecular complexity index is 881. The van der Waals surface area contributed by atoms with E-state index in [9.17, 15) is 14.0 Å². The molecule has 27 heavy (non-hydrogen) atoms. The van der Waals surface area contributed by atoms with Crippen molar-refractivity contribution in [2.24, 2.45) is 0 Å². The quantitative estimate of drug-likeness (QED) is 0.685. The Morgan fingerprint density at radius 1 is 1.44 bits per heavy atom. The molecule has 0 fully saturated rings. The summed E-state index contributed by atoms with van der Waals surface area (Å²) in [6.45, 7) is 3.36. The zero-order chi connectivity index (χ0) is 20.0. The molecule has 1 aromatic carbocycles. The van der Waals surface area contributed by atoms with Crippen LogP contribution >= 0.6 is 23.4 Å². The fourth-order valence-corrected chi connectivity index (χ4v) is 2.93. The average molecular weight is 410 g/mol. The van der Waals surface area contributed by atoms with Crippen LogP contribution in [0.4, 0.5) is 10.2 Å². The highest BCUT2D eigenvalue weighted by molar-refractivity contribution is 8.01. The van der Waals surface area contributed by atoms with Gasteiger partial charge in [0.25, 0.3) is 0 Å². The van der Waals surface area contributed by atoms with E-state index < -0.39 is 23.0 Å². The average Bonchev–Trinajstić information content (AvgIpc) is 3.02. The summed E-state index contributed by atoms with van der Waals surface area (Å²) in [6.07, 6.45) is 5.40. The molecule has 1 heterocycles. The number of nitrogens with zero attached hydrogens (tertiary/aromatic N) is 1. The van der Waals surface area contributed by atoms with Gasteiger partial charge in [-0.25, -0.2) is 4.39 Å². The highest BCUT2D eigenvalue weighted by Gasteiger charge is 2.19. The van der Waals surface area contributed by atoms with Crippen molar-refractivity contribution < 1.29 is 18.5 Å². The zero-order valence-electron chi connectivity index (χ0n) is 14.6. The summed E-state index contributed by atoms with van der Waals surface area (Å²) < 4.78 is 18.8. The summed E-state index contributed by atoms with van der Waals surface area (Å²) in [5.74, 6) is 1.83. The van der Waals surface area contributed by atoms with Gasteiger partial charge in [0.15, 0.2) is 5.82 Å². The lowest BCUT2D eigenvalue weighted by molar-refractivity contribution is -0.119. The molecule has 6 nitrogen and oxygen atoms in total. The number of carbonyl (C=O) groups excluding carboxylic acids is 2. The van der Waals surface area contributed by atoms with Gasteiger partial charge in [-0.2, -0.15) is 0 Å². The second-order valence-electron chi connectivity index (χ2n) is 5.60. The number of anilines is 1. The van der Waals surface area contributed by atoms with Crippen LogP contribution in [0, 0.1) is 25.1 Å². The first-order chi connectivity index (χ1) is 12.8. The lowest BCUT2D eigenvalue weighted by atomic mass is 10.1. The van der Waals surface area contributed by atoms with E-state index in [1.54, 1.807) is 19.9 Å². The summed E-state index contributed by atoms with van der Waals surface area (Å²) in [6, 6.07) is 4.69. The van der Waals surface area contributed by atoms with E-state index in [-0.39, 0.29) is 22.2 Å². The summed E-state index contributed by atoms with van der Waals surface area (Å²) in [4.78, 5) is 24.2. The summed E-state index contributed by atoms with van der Waals surface area (Å²) in [5, 5.41) is 8.52. The number of hydrogen-bond acceptors (Lipinski definition) is 5. The van der Waals surface area contributed by atoms with Gasteiger partial charge in [0.2, 0.25) is 11.8 Å². The molecule has 2 atom stereocenters. The Labute approximate surface area is 165 Å². The number of amides is 2. The normalized spacial score (nSPS) is 12.7. The van der Waals surface area contributed by atoms with Crippen LogP contribution in [-0.4, -0.2) is 28.0 Å². The number of benzene rings is 1. The standard InChI is InChI=1S/C18H17ClFN3O3S/c1-4-15(13-6-5-12(19)8-14(13)20)21-17(24)9-27-11(3)18(25)22-16-7-10(2)26-23-16/h1,5-8,11,15H,9H2,2-3H3,(H,21,24)(H,22,23,25). The van der Waals surface area contributed by atoms with Crippen molar-refractivity contribution >= 4 is 41.0 Å². The van der Waals surface area contributed by atoms with E-state index in [4.69, 9.17) is 22.5 Å². The predicted molar refractivity (Wildman–Crippen MR) is 103 cm³/mol. The molecular formula is C18H17ClFN3O3S. The van der Waals surface area contributed by atoms with Crippen LogP contribution < -0.4 is 10.6 Å². The third-order valence-corrected chi connectivity index (χ3v) is 4.84. The van der Waals surface area contributed by atoms with E-state index in [1.165, 1.54) is 12.1 Å². The molecule has 2 amide bonds. The Hall–Kier alpha value is -2.50. The van der Waals surface area contributed by atoms with Crippen molar-refractivity contribution in [1.29, 1.82) is 0 Å². The molecule has 0 aliphatic carbocycles. The zero-order valence-corrected chi connectivity index (χ0v) is 16.2. The molecule has 0 aliphatic heterocycles. The first-order valence-electron chi connectivity index (χ1n) is 7.86. The van der Waals surface area contributed by atoms with Gasteiger partial charge in [-0.1, -0.05) is 28.7 Å². The second-order valence-corrected chi connectivity index (χ2v) is 7.36. The van der Waals surface area contributed by atoms with Crippen molar-refractivity contribution in [3.63, 3.8) is 0 Å². The van der Waals surface area contributed by atoms with Crippen LogP contribution in [0.5, 0.6) is 0 Å². The van der Waals surface area contributed by atoms with Crippen LogP contribution in [-0.2, 0) is 9.59 Å². The third-order valence-electron chi connectivity index (χ3n) is 3.46. The van der Waals surface area contributed by atoms with Gasteiger partial charge in [0.1, 0.15) is 17.6 Å². The smallest absolute Gasteiger partial charge is 0.238 e. The first-order valence-corrected chi connectivity index (χ1v) is 9.29. The van der Waals surface area contributed by atoms with Crippen molar-refractivity contribution in [3.8, 4) is 12.3 Å². The largest absolute Gasteiger partial charge is 0.360 e. The van der Waals surface area contributed by atoms with Gasteiger partial charge in [0.05, 0.1) is 11.0 Å². The Kier molecular flexibility index (Phi) is 7.28. The molecule has 9 heteroatoms. The van der Waals surface area contributed by atoms with E-state index in [2.05, 4.69) is 21.7 Å². The molecule has 0 saturated carbocycles. The molecule has 0 spiro atoms. The number of aromatic nitrogens is 1. The van der Waals surface area contributed by atoms with Crippen molar-refractivity contribution in [2.45, 2.75) is 25.1 Å². The lowest BCUT2D eigenvalue weighted by Gasteiger charge is -2.15. The molecule has 0 aliphatic rings. The monoisotopic (exact) mass is 409 g/mol. The number of halogens is 2. The minimum Gasteiger partial charge on any atom is -0.360 e. The number of hydrogen-bond donors (Lipinski definition) is 2. The fourth-order valence-electron chi connectivity index (χ4n) is 2.08. The Balaban J connectivity index is 1.86. The van der Waals surface area contributed by atoms with Gasteiger partial charge < -0.3 is 15.2 Å². The molecule has 2 unspecified atom stereocenters. The SMILES string of the molecule is C#CC(NC(=O)CSC(C)C(=O)Nc1cc(C)on1)c1ccc(Cl)cc1F. The minimum absolute atomic E-state index is 0.0280. The Morgan fingerprint density at radius 3 is 2.78 bits per heavy atom. The van der Waals surface area contributed by atoms with Crippen LogP contribution in [0.3, 0.4) is 0 Å². The summed E-state index contributed by atoms with van der Waals surface area (Å²) in [7, 11) is 0. The van der Waals surface area contributed by atoms with Gasteiger partial charge in [-0.15, -0.1) is 18.2 Å².